The molecule has 0 unspecified atom stereocenters. The summed E-state index contributed by atoms with van der Waals surface area (Å²) in [5, 5.41) is 0. The highest BCUT2D eigenvalue weighted by Gasteiger charge is 2.49. The number of rotatable bonds is 3. The monoisotopic (exact) mass is 859 g/mol. The van der Waals surface area contributed by atoms with Gasteiger partial charge in [0.05, 0.1) is 22.7 Å². The second-order valence-electron chi connectivity index (χ2n) is 21.5. The molecule has 0 radical (unpaired) electrons. The molecular formula is C60H54BN3O2. The summed E-state index contributed by atoms with van der Waals surface area (Å²) >= 11 is 0. The molecular weight excluding hydrogens is 805 g/mol. The third kappa shape index (κ3) is 6.21. The van der Waals surface area contributed by atoms with E-state index in [9.17, 15) is 0 Å². The Bertz CT molecular complexity index is 3270. The predicted octanol–water partition coefficient (Wildman–Crippen LogP) is 15.6. The Morgan fingerprint density at radius 2 is 0.970 bits per heavy atom. The molecule has 5 nitrogen and oxygen atoms in total. The van der Waals surface area contributed by atoms with Crippen molar-refractivity contribution >= 4 is 63.3 Å². The topological polar surface area (TPSA) is 28.2 Å². The van der Waals surface area contributed by atoms with Crippen molar-refractivity contribution in [2.24, 2.45) is 0 Å². The van der Waals surface area contributed by atoms with E-state index in [0.717, 1.165) is 74.0 Å². The molecule has 0 N–H and O–H groups in total. The first-order valence-corrected chi connectivity index (χ1v) is 23.4. The molecule has 0 aromatic heterocycles. The third-order valence-electron chi connectivity index (χ3n) is 14.0. The molecule has 0 saturated carbocycles. The van der Waals surface area contributed by atoms with E-state index in [4.69, 9.17) is 9.47 Å². The normalized spacial score (nSPS) is 14.3. The third-order valence-corrected chi connectivity index (χ3v) is 14.0. The van der Waals surface area contributed by atoms with Crippen LogP contribution in [0.15, 0.2) is 164 Å². The molecule has 0 saturated heterocycles. The lowest BCUT2D eigenvalue weighted by molar-refractivity contribution is 0.470. The van der Waals surface area contributed by atoms with Gasteiger partial charge in [0.25, 0.3) is 0 Å². The van der Waals surface area contributed by atoms with Crippen molar-refractivity contribution in [3.8, 4) is 45.3 Å². The largest absolute Gasteiger partial charge is 0.453 e. The molecule has 66 heavy (non-hydrogen) atoms. The number of hydrogen-bond donors (Lipinski definition) is 0. The van der Waals surface area contributed by atoms with Gasteiger partial charge in [-0.1, -0.05) is 141 Å². The SMILES string of the molecule is CC(C)(C)c1ccc(N2c3cc4c(cc3B3c5c(cc(-c6ccccc6)cc52)-c2cc(C(C)(C)C)cc5c2N3c2ccc(C(C)(C)C)cc2O5)Oc2ccccc2N4c2ccccc2)cc1. The Morgan fingerprint density at radius 1 is 0.379 bits per heavy atom. The lowest BCUT2D eigenvalue weighted by Gasteiger charge is -2.48. The maximum atomic E-state index is 7.19. The molecule has 0 atom stereocenters. The zero-order chi connectivity index (χ0) is 45.4. The van der Waals surface area contributed by atoms with Crippen LogP contribution in [0.1, 0.15) is 79.0 Å². The Hall–Kier alpha value is -7.18. The number of para-hydroxylation sites is 3. The van der Waals surface area contributed by atoms with Crippen LogP contribution in [0, 0.1) is 0 Å². The van der Waals surface area contributed by atoms with Gasteiger partial charge in [-0.15, -0.1) is 0 Å². The lowest BCUT2D eigenvalue weighted by Crippen LogP contribution is -2.62. The van der Waals surface area contributed by atoms with E-state index < -0.39 is 0 Å². The van der Waals surface area contributed by atoms with E-state index in [1.165, 1.54) is 44.4 Å². The molecule has 0 bridgehead atoms. The quantitative estimate of drug-likeness (QED) is 0.165. The van der Waals surface area contributed by atoms with Crippen molar-refractivity contribution in [1.29, 1.82) is 0 Å². The summed E-state index contributed by atoms with van der Waals surface area (Å²) in [5.74, 6) is 3.40. The fourth-order valence-corrected chi connectivity index (χ4v) is 10.5. The first-order valence-electron chi connectivity index (χ1n) is 23.4. The average Bonchev–Trinajstić information content (AvgIpc) is 3.30. The van der Waals surface area contributed by atoms with E-state index in [-0.39, 0.29) is 23.1 Å². The number of hydrogen-bond acceptors (Lipinski definition) is 5. The maximum absolute atomic E-state index is 7.19. The minimum Gasteiger partial charge on any atom is -0.453 e. The predicted molar refractivity (Wildman–Crippen MR) is 277 cm³/mol. The van der Waals surface area contributed by atoms with Gasteiger partial charge in [0.15, 0.2) is 17.2 Å². The molecule has 324 valence electrons. The minimum atomic E-state index is -0.231. The summed E-state index contributed by atoms with van der Waals surface area (Å²) < 4.78 is 14.2. The van der Waals surface area contributed by atoms with Crippen LogP contribution in [0.3, 0.4) is 0 Å². The first kappa shape index (κ1) is 40.3. The van der Waals surface area contributed by atoms with Gasteiger partial charge >= 0.3 is 6.85 Å². The van der Waals surface area contributed by atoms with E-state index in [1.807, 2.05) is 0 Å². The fourth-order valence-electron chi connectivity index (χ4n) is 10.5. The fraction of sp³-hybridized carbons (Fsp3) is 0.200. The van der Waals surface area contributed by atoms with Crippen molar-refractivity contribution < 1.29 is 9.47 Å². The molecule has 4 heterocycles. The van der Waals surface area contributed by atoms with E-state index >= 15 is 0 Å². The number of benzene rings is 8. The zero-order valence-corrected chi connectivity index (χ0v) is 39.3. The van der Waals surface area contributed by atoms with Gasteiger partial charge in [0.1, 0.15) is 5.75 Å². The number of ether oxygens (including phenoxy) is 2. The summed E-state index contributed by atoms with van der Waals surface area (Å²) in [4.78, 5) is 7.47. The van der Waals surface area contributed by atoms with Crippen molar-refractivity contribution in [2.75, 3.05) is 14.6 Å². The Labute approximate surface area is 390 Å². The second-order valence-corrected chi connectivity index (χ2v) is 21.5. The molecule has 0 amide bonds. The maximum Gasteiger partial charge on any atom is 0.333 e. The van der Waals surface area contributed by atoms with Crippen LogP contribution in [0.2, 0.25) is 0 Å². The summed E-state index contributed by atoms with van der Waals surface area (Å²) in [6, 6.07) is 60.3. The van der Waals surface area contributed by atoms with Crippen LogP contribution in [0.5, 0.6) is 23.0 Å². The van der Waals surface area contributed by atoms with Crippen LogP contribution in [0.4, 0.5) is 45.5 Å². The van der Waals surface area contributed by atoms with Gasteiger partial charge in [-0.3, -0.25) is 0 Å². The first-order chi connectivity index (χ1) is 31.6. The van der Waals surface area contributed by atoms with Crippen LogP contribution in [-0.4, -0.2) is 6.85 Å². The second kappa shape index (κ2) is 14.2. The number of fused-ring (bicyclic) bond motifs is 8. The smallest absolute Gasteiger partial charge is 0.333 e. The van der Waals surface area contributed by atoms with Crippen molar-refractivity contribution in [1.82, 2.24) is 0 Å². The van der Waals surface area contributed by atoms with Gasteiger partial charge < -0.3 is 24.1 Å². The highest BCUT2D eigenvalue weighted by Crippen LogP contribution is 2.59. The van der Waals surface area contributed by atoms with E-state index in [2.05, 4.69) is 241 Å². The number of anilines is 8. The molecule has 0 aliphatic carbocycles. The standard InChI is InChI=1S/C60H54BN3O2/c1-58(2,3)39-24-27-43(28-25-39)63-49-36-50-54(65-52-23-17-16-22-47(52)62(50)42-20-14-11-15-21-42)35-46(49)61-56-44(30-38(31-51(56)63)37-18-12-10-13-19-37)45-32-41(60(7,8)9)34-55-57(45)64(61)48-29-26-40(59(4,5)6)33-53(48)66-55/h10-36H,1-9H3. The molecule has 8 aromatic carbocycles. The molecule has 4 aliphatic heterocycles. The highest BCUT2D eigenvalue weighted by molar-refractivity contribution is 6.94. The molecule has 0 fully saturated rings. The Morgan fingerprint density at radius 3 is 1.68 bits per heavy atom. The van der Waals surface area contributed by atoms with Crippen molar-refractivity contribution in [2.45, 2.75) is 78.6 Å². The van der Waals surface area contributed by atoms with Crippen molar-refractivity contribution in [3.05, 3.63) is 180 Å². The van der Waals surface area contributed by atoms with E-state index in [0.29, 0.717) is 0 Å². The summed E-state index contributed by atoms with van der Waals surface area (Å²) in [7, 11) is 0. The van der Waals surface area contributed by atoms with Gasteiger partial charge in [-0.2, -0.15) is 0 Å². The molecule has 0 spiro atoms. The molecule has 8 aromatic rings. The lowest BCUT2D eigenvalue weighted by atomic mass is 9.43. The Kier molecular flexibility index (Phi) is 8.66. The zero-order valence-electron chi connectivity index (χ0n) is 39.3. The summed E-state index contributed by atoms with van der Waals surface area (Å²) in [5.41, 5.74) is 19.3. The molecule has 4 aliphatic rings. The summed E-state index contributed by atoms with van der Waals surface area (Å²) in [6.45, 7) is 20.3. The van der Waals surface area contributed by atoms with Crippen LogP contribution in [0.25, 0.3) is 22.3 Å². The Balaban J connectivity index is 1.21. The average molecular weight is 860 g/mol. The van der Waals surface area contributed by atoms with Gasteiger partial charge in [0.2, 0.25) is 0 Å². The van der Waals surface area contributed by atoms with Crippen LogP contribution < -0.4 is 35.0 Å². The van der Waals surface area contributed by atoms with Crippen LogP contribution >= 0.6 is 0 Å². The van der Waals surface area contributed by atoms with E-state index in [1.54, 1.807) is 0 Å². The molecule has 12 rings (SSSR count). The highest BCUT2D eigenvalue weighted by atomic mass is 16.5. The number of nitrogens with zero attached hydrogens (tertiary/aromatic N) is 3. The van der Waals surface area contributed by atoms with Crippen molar-refractivity contribution in [3.63, 3.8) is 0 Å². The van der Waals surface area contributed by atoms with Gasteiger partial charge in [0, 0.05) is 28.3 Å². The minimum absolute atomic E-state index is 0.00142. The summed E-state index contributed by atoms with van der Waals surface area (Å²) in [6.07, 6.45) is 0. The van der Waals surface area contributed by atoms with Gasteiger partial charge in [-0.05, 0) is 145 Å². The van der Waals surface area contributed by atoms with Gasteiger partial charge in [-0.25, -0.2) is 0 Å². The molecule has 6 heteroatoms. The van der Waals surface area contributed by atoms with Crippen LogP contribution in [-0.2, 0) is 16.2 Å².